The molecule has 1 fully saturated rings. The second kappa shape index (κ2) is 11.6. The van der Waals surface area contributed by atoms with Crippen LogP contribution in [0.1, 0.15) is 40.2 Å². The Bertz CT molecular complexity index is 2120. The predicted molar refractivity (Wildman–Crippen MR) is 161 cm³/mol. The molecule has 44 heavy (non-hydrogen) atoms. The van der Waals surface area contributed by atoms with Crippen molar-refractivity contribution < 1.29 is 26.4 Å². The van der Waals surface area contributed by atoms with Crippen LogP contribution in [0.25, 0.3) is 11.0 Å². The second-order valence-corrected chi connectivity index (χ2v) is 13.8. The number of nitrogens with zero attached hydrogens (tertiary/aromatic N) is 2. The Kier molecular flexibility index (Phi) is 7.64. The fraction of sp³-hybridized carbons (Fsp3) is 0.129. The molecule has 11 nitrogen and oxygen atoms in total. The average molecular weight is 628 g/mol. The highest BCUT2D eigenvalue weighted by Crippen LogP contribution is 2.31. The Morgan fingerprint density at radius 3 is 2.43 bits per heavy atom. The van der Waals surface area contributed by atoms with E-state index >= 15 is 0 Å². The summed E-state index contributed by atoms with van der Waals surface area (Å²) < 4.78 is 62.6. The minimum absolute atomic E-state index is 0.0160. The second-order valence-electron chi connectivity index (χ2n) is 10.2. The van der Waals surface area contributed by atoms with Gasteiger partial charge in [-0.1, -0.05) is 48.5 Å². The molecule has 1 aliphatic rings. The van der Waals surface area contributed by atoms with E-state index in [-0.39, 0.29) is 17.7 Å². The molecule has 0 aliphatic carbocycles. The molecule has 1 saturated heterocycles. The number of nitriles is 1. The summed E-state index contributed by atoms with van der Waals surface area (Å²) in [5, 5.41) is 8.31. The summed E-state index contributed by atoms with van der Waals surface area (Å²) in [5.74, 6) is 0.665. The largest absolute Gasteiger partial charge is 0.457 e. The van der Waals surface area contributed by atoms with Crippen LogP contribution in [0, 0.1) is 11.3 Å². The predicted octanol–water partition coefficient (Wildman–Crippen LogP) is 4.38. The average Bonchev–Trinajstić information content (AvgIpc) is 3.56. The van der Waals surface area contributed by atoms with Gasteiger partial charge in [-0.15, -0.1) is 0 Å². The van der Waals surface area contributed by atoms with Crippen molar-refractivity contribution >= 4 is 37.0 Å². The number of imidazole rings is 1. The van der Waals surface area contributed by atoms with Gasteiger partial charge in [0.15, 0.2) is 0 Å². The highest BCUT2D eigenvalue weighted by Gasteiger charge is 2.37. The molecule has 2 atom stereocenters. The van der Waals surface area contributed by atoms with E-state index < -0.39 is 37.2 Å². The molecule has 0 spiro atoms. The molecule has 13 heteroatoms. The van der Waals surface area contributed by atoms with Crippen LogP contribution >= 0.6 is 0 Å². The Labute approximate surface area is 253 Å². The molecular weight excluding hydrogens is 603 g/mol. The number of para-hydroxylation sites is 1. The summed E-state index contributed by atoms with van der Waals surface area (Å²) in [5.41, 5.74) is 2.69. The number of rotatable bonds is 9. The molecular formula is C31H25N5O6S2. The molecule has 2 heterocycles. The zero-order valence-corrected chi connectivity index (χ0v) is 24.6. The van der Waals surface area contributed by atoms with Gasteiger partial charge in [-0.05, 0) is 60.0 Å². The quantitative estimate of drug-likeness (QED) is 0.216. The number of amides is 1. The number of nitrogens with one attached hydrogen (secondary N) is 3. The number of H-pyrrole nitrogens is 1. The number of benzene rings is 4. The zero-order valence-electron chi connectivity index (χ0n) is 23.0. The molecule has 1 aliphatic heterocycles. The summed E-state index contributed by atoms with van der Waals surface area (Å²) in [6.45, 7) is 0. The van der Waals surface area contributed by atoms with Gasteiger partial charge >= 0.3 is 0 Å². The Hall–Kier alpha value is -5.03. The summed E-state index contributed by atoms with van der Waals surface area (Å²) in [4.78, 5) is 19.4. The van der Waals surface area contributed by atoms with Gasteiger partial charge in [0.1, 0.15) is 22.6 Å². The van der Waals surface area contributed by atoms with Gasteiger partial charge in [0.2, 0.25) is 26.0 Å². The number of ether oxygens (including phenoxy) is 1. The van der Waals surface area contributed by atoms with E-state index in [1.807, 2.05) is 22.9 Å². The van der Waals surface area contributed by atoms with Gasteiger partial charge in [-0.3, -0.25) is 9.52 Å². The standard InChI is InChI=1S/C31H25N5O6S2/c32-19-21-11-14-26-27(16-21)34-31(33-26)28(15-20-9-12-22(13-10-20)29-18-30(37)36-44(29,40)41)35-43(38,39)25-8-4-7-24(17-25)42-23-5-2-1-3-6-23/h1-14,16-17,28-29,35H,15,18H2,(H,33,34)(H,36,37)/t28-,29?/m0/s1. The summed E-state index contributed by atoms with van der Waals surface area (Å²) in [7, 11) is -7.91. The van der Waals surface area contributed by atoms with Gasteiger partial charge in [0.25, 0.3) is 0 Å². The minimum atomic E-state index is -4.10. The molecule has 0 radical (unpaired) electrons. The lowest BCUT2D eigenvalue weighted by Crippen LogP contribution is -2.31. The fourth-order valence-electron chi connectivity index (χ4n) is 4.99. The van der Waals surface area contributed by atoms with Crippen LogP contribution in [0.15, 0.2) is 102 Å². The topological polar surface area (TPSA) is 171 Å². The van der Waals surface area contributed by atoms with Crippen LogP contribution in [0.3, 0.4) is 0 Å². The van der Waals surface area contributed by atoms with Crippen molar-refractivity contribution in [2.24, 2.45) is 0 Å². The molecule has 1 aromatic heterocycles. The highest BCUT2D eigenvalue weighted by molar-refractivity contribution is 7.90. The number of carbonyl (C=O) groups is 1. The van der Waals surface area contributed by atoms with E-state index in [9.17, 15) is 26.9 Å². The highest BCUT2D eigenvalue weighted by atomic mass is 32.2. The van der Waals surface area contributed by atoms with Crippen LogP contribution in [0.4, 0.5) is 0 Å². The first-order valence-electron chi connectivity index (χ1n) is 13.5. The van der Waals surface area contributed by atoms with Crippen LogP contribution in [-0.4, -0.2) is 32.7 Å². The monoisotopic (exact) mass is 627 g/mol. The van der Waals surface area contributed by atoms with Gasteiger partial charge in [-0.25, -0.2) is 26.5 Å². The lowest BCUT2D eigenvalue weighted by Gasteiger charge is -2.18. The van der Waals surface area contributed by atoms with Crippen LogP contribution in [0.2, 0.25) is 0 Å². The lowest BCUT2D eigenvalue weighted by atomic mass is 10.0. The Balaban J connectivity index is 1.31. The maximum absolute atomic E-state index is 13.7. The van der Waals surface area contributed by atoms with Crippen molar-refractivity contribution in [2.75, 3.05) is 0 Å². The maximum Gasteiger partial charge on any atom is 0.242 e. The molecule has 1 unspecified atom stereocenters. The SMILES string of the molecule is N#Cc1ccc2nc([C@H](Cc3ccc(C4CC(=O)NS4(=O)=O)cc3)NS(=O)(=O)c3cccc(Oc4ccccc4)c3)[nH]c2c1. The molecule has 4 aromatic carbocycles. The van der Waals surface area contributed by atoms with Crippen LogP contribution < -0.4 is 14.2 Å². The summed E-state index contributed by atoms with van der Waals surface area (Å²) in [6.07, 6.45) is -0.0138. The molecule has 222 valence electrons. The molecule has 3 N–H and O–H groups in total. The maximum atomic E-state index is 13.7. The van der Waals surface area contributed by atoms with Gasteiger partial charge < -0.3 is 9.72 Å². The van der Waals surface area contributed by atoms with Crippen molar-refractivity contribution in [3.63, 3.8) is 0 Å². The Morgan fingerprint density at radius 1 is 0.977 bits per heavy atom. The first-order valence-corrected chi connectivity index (χ1v) is 16.5. The molecule has 1 amide bonds. The van der Waals surface area contributed by atoms with E-state index in [0.29, 0.717) is 45.0 Å². The third-order valence-corrected chi connectivity index (χ3v) is 10.3. The third kappa shape index (κ3) is 6.18. The molecule has 0 bridgehead atoms. The first kappa shape index (κ1) is 29.1. The summed E-state index contributed by atoms with van der Waals surface area (Å²) in [6, 6.07) is 27.9. The van der Waals surface area contributed by atoms with Crippen molar-refractivity contribution in [1.82, 2.24) is 19.4 Å². The lowest BCUT2D eigenvalue weighted by molar-refractivity contribution is -0.118. The number of hydrogen-bond donors (Lipinski definition) is 3. The summed E-state index contributed by atoms with van der Waals surface area (Å²) >= 11 is 0. The van der Waals surface area contributed by atoms with Crippen molar-refractivity contribution in [3.8, 4) is 17.6 Å². The van der Waals surface area contributed by atoms with Crippen molar-refractivity contribution in [3.05, 3.63) is 120 Å². The van der Waals surface area contributed by atoms with E-state index in [4.69, 9.17) is 4.74 Å². The molecule has 0 saturated carbocycles. The molecule has 5 aromatic rings. The van der Waals surface area contributed by atoms with Gasteiger partial charge in [0.05, 0.1) is 40.0 Å². The normalized spacial score (nSPS) is 16.7. The van der Waals surface area contributed by atoms with E-state index in [0.717, 1.165) is 0 Å². The number of sulfonamides is 2. The Morgan fingerprint density at radius 2 is 1.73 bits per heavy atom. The fourth-order valence-corrected chi connectivity index (χ4v) is 7.66. The smallest absolute Gasteiger partial charge is 0.242 e. The van der Waals surface area contributed by atoms with Gasteiger partial charge in [-0.2, -0.15) is 5.26 Å². The van der Waals surface area contributed by atoms with E-state index in [2.05, 4.69) is 20.8 Å². The van der Waals surface area contributed by atoms with E-state index in [1.165, 1.54) is 12.1 Å². The van der Waals surface area contributed by atoms with Gasteiger partial charge in [0, 0.05) is 6.07 Å². The third-order valence-electron chi connectivity index (χ3n) is 7.14. The number of carbonyl (C=O) groups excluding carboxylic acids is 1. The van der Waals surface area contributed by atoms with Crippen LogP contribution in [0.5, 0.6) is 11.5 Å². The number of hydrogen-bond acceptors (Lipinski definition) is 8. The molecule has 6 rings (SSSR count). The number of aromatic amines is 1. The van der Waals surface area contributed by atoms with Crippen molar-refractivity contribution in [1.29, 1.82) is 5.26 Å². The zero-order chi connectivity index (χ0) is 30.9. The van der Waals surface area contributed by atoms with Crippen LogP contribution in [-0.2, 0) is 31.3 Å². The number of aromatic nitrogens is 2. The minimum Gasteiger partial charge on any atom is -0.457 e. The first-order chi connectivity index (χ1) is 21.1. The van der Waals surface area contributed by atoms with Crippen molar-refractivity contribution in [2.45, 2.75) is 29.0 Å². The van der Waals surface area contributed by atoms with E-state index in [1.54, 1.807) is 66.7 Å². The number of fused-ring (bicyclic) bond motifs is 1.